The summed E-state index contributed by atoms with van der Waals surface area (Å²) in [6.45, 7) is 12.5. The predicted octanol–water partition coefficient (Wildman–Crippen LogP) is 2.99. The molecule has 2 N–H and O–H groups in total. The Morgan fingerprint density at radius 2 is 1.60 bits per heavy atom. The molecule has 0 radical (unpaired) electrons. The number of H-pyrrole nitrogens is 1. The van der Waals surface area contributed by atoms with Gasteiger partial charge in [-0.1, -0.05) is 52.9 Å². The lowest BCUT2D eigenvalue weighted by molar-refractivity contribution is 0.423. The van der Waals surface area contributed by atoms with Gasteiger partial charge >= 0.3 is 4.87 Å². The van der Waals surface area contributed by atoms with Gasteiger partial charge in [-0.25, -0.2) is 9.98 Å². The predicted molar refractivity (Wildman–Crippen MR) is 101 cm³/mol. The second-order valence-electron chi connectivity index (χ2n) is 8.36. The Morgan fingerprint density at radius 1 is 1.04 bits per heavy atom. The van der Waals surface area contributed by atoms with E-state index in [1.807, 2.05) is 18.2 Å². The van der Waals surface area contributed by atoms with Crippen molar-refractivity contribution in [1.82, 2.24) is 4.98 Å². The Kier molecular flexibility index (Phi) is 3.99. The van der Waals surface area contributed by atoms with E-state index in [4.69, 9.17) is 0 Å². The quantitative estimate of drug-likeness (QED) is 0.823. The first-order valence-corrected chi connectivity index (χ1v) is 9.03. The van der Waals surface area contributed by atoms with Crippen LogP contribution in [0.15, 0.2) is 32.7 Å². The number of aromatic nitrogens is 1. The Hall–Kier alpha value is -2.21. The van der Waals surface area contributed by atoms with Crippen LogP contribution < -0.4 is 15.0 Å². The van der Waals surface area contributed by atoms with Crippen molar-refractivity contribution >= 4 is 17.4 Å². The van der Waals surface area contributed by atoms with Gasteiger partial charge < -0.3 is 5.11 Å². The molecule has 0 amide bonds. The van der Waals surface area contributed by atoms with Crippen molar-refractivity contribution in [2.24, 2.45) is 9.98 Å². The van der Waals surface area contributed by atoms with Gasteiger partial charge in [0.25, 0.3) is 0 Å². The highest BCUT2D eigenvalue weighted by Gasteiger charge is 2.26. The number of nitrogens with one attached hydrogen (secondary N) is 1. The molecular formula is C19H23N3O2S. The lowest BCUT2D eigenvalue weighted by Gasteiger charge is -2.27. The van der Waals surface area contributed by atoms with Crippen LogP contribution in [0.4, 0.5) is 0 Å². The third-order valence-electron chi connectivity index (χ3n) is 4.10. The standard InChI is InChI=1S/C19H23N3O2S/c1-18(2,3)11-7-10(8-12(14(11)23)19(4,5)6)9-13-20-15-16(21-13)25-17(24)22-15/h7-9,23H,1-6H3,(H,20,22,24). The van der Waals surface area contributed by atoms with Gasteiger partial charge in [0.2, 0.25) is 0 Å². The summed E-state index contributed by atoms with van der Waals surface area (Å²) in [4.78, 5) is 22.6. The van der Waals surface area contributed by atoms with E-state index in [9.17, 15) is 9.90 Å². The average Bonchev–Trinajstić information content (AvgIpc) is 2.94. The lowest BCUT2D eigenvalue weighted by Crippen LogP contribution is -2.17. The lowest BCUT2D eigenvalue weighted by atomic mass is 9.78. The number of rotatable bonds is 1. The number of hydrogen-bond donors (Lipinski definition) is 2. The maximum Gasteiger partial charge on any atom is 0.308 e. The molecule has 0 atom stereocenters. The van der Waals surface area contributed by atoms with Gasteiger partial charge in [-0.3, -0.25) is 9.78 Å². The minimum absolute atomic E-state index is 0.147. The summed E-state index contributed by atoms with van der Waals surface area (Å²) >= 11 is 1.06. The SMILES string of the molecule is CC(C)(C)c1cc(C=C2N=c3[nH]c(=O)sc3=N2)cc(C(C)(C)C)c1O. The molecule has 2 heterocycles. The zero-order valence-corrected chi connectivity index (χ0v) is 16.2. The highest BCUT2D eigenvalue weighted by Crippen LogP contribution is 2.40. The number of benzene rings is 1. The third-order valence-corrected chi connectivity index (χ3v) is 4.86. The van der Waals surface area contributed by atoms with Crippen LogP contribution in [-0.2, 0) is 10.8 Å². The first-order chi connectivity index (χ1) is 11.4. The first-order valence-electron chi connectivity index (χ1n) is 8.21. The molecule has 5 nitrogen and oxygen atoms in total. The fraction of sp³-hybridized carbons (Fsp3) is 0.421. The van der Waals surface area contributed by atoms with Crippen LogP contribution in [0.25, 0.3) is 6.08 Å². The molecule has 1 aliphatic heterocycles. The molecule has 0 bridgehead atoms. The number of hydrogen-bond acceptors (Lipinski definition) is 5. The van der Waals surface area contributed by atoms with Gasteiger partial charge in [0.05, 0.1) is 0 Å². The fourth-order valence-electron chi connectivity index (χ4n) is 2.80. The smallest absolute Gasteiger partial charge is 0.308 e. The number of nitrogens with zero attached hydrogens (tertiary/aromatic N) is 2. The summed E-state index contributed by atoms with van der Waals surface area (Å²) < 4.78 is 0.613. The van der Waals surface area contributed by atoms with Gasteiger partial charge in [-0.05, 0) is 34.6 Å². The molecule has 1 aliphatic rings. The van der Waals surface area contributed by atoms with Crippen molar-refractivity contribution in [2.75, 3.05) is 0 Å². The molecule has 25 heavy (non-hydrogen) atoms. The minimum atomic E-state index is -0.188. The molecule has 132 valence electrons. The number of phenols is 1. The van der Waals surface area contributed by atoms with E-state index < -0.39 is 0 Å². The van der Waals surface area contributed by atoms with Gasteiger partial charge in [0.15, 0.2) is 16.0 Å². The van der Waals surface area contributed by atoms with Crippen LogP contribution in [0, 0.1) is 0 Å². The van der Waals surface area contributed by atoms with E-state index in [1.165, 1.54) is 0 Å². The molecule has 0 spiro atoms. The van der Waals surface area contributed by atoms with Crippen LogP contribution >= 0.6 is 11.3 Å². The zero-order valence-electron chi connectivity index (χ0n) is 15.4. The van der Waals surface area contributed by atoms with E-state index in [0.29, 0.717) is 21.7 Å². The largest absolute Gasteiger partial charge is 0.507 e. The van der Waals surface area contributed by atoms with Crippen molar-refractivity contribution in [1.29, 1.82) is 0 Å². The van der Waals surface area contributed by atoms with Gasteiger partial charge in [0.1, 0.15) is 5.75 Å². The number of phenolic OH excluding ortho intramolecular Hbond substituents is 1. The summed E-state index contributed by atoms with van der Waals surface area (Å²) in [5.41, 5.74) is 2.87. The maximum absolute atomic E-state index is 11.3. The van der Waals surface area contributed by atoms with Crippen molar-refractivity contribution in [2.45, 2.75) is 52.4 Å². The van der Waals surface area contributed by atoms with E-state index >= 15 is 0 Å². The molecular weight excluding hydrogens is 334 g/mol. The van der Waals surface area contributed by atoms with E-state index in [-0.39, 0.29) is 15.7 Å². The monoisotopic (exact) mass is 357 g/mol. The molecule has 0 aliphatic carbocycles. The number of thiazole rings is 1. The fourth-order valence-corrected chi connectivity index (χ4v) is 3.46. The molecule has 1 aromatic heterocycles. The molecule has 0 unspecified atom stereocenters. The second-order valence-corrected chi connectivity index (χ2v) is 9.32. The first kappa shape index (κ1) is 17.6. The Morgan fingerprint density at radius 3 is 2.08 bits per heavy atom. The molecule has 0 fully saturated rings. The van der Waals surface area contributed by atoms with Crippen molar-refractivity contribution in [3.05, 3.63) is 54.5 Å². The topological polar surface area (TPSA) is 77.8 Å². The highest BCUT2D eigenvalue weighted by molar-refractivity contribution is 7.06. The molecule has 2 aromatic rings. The normalized spacial score (nSPS) is 15.8. The summed E-state index contributed by atoms with van der Waals surface area (Å²) in [6.07, 6.45) is 1.88. The molecule has 0 saturated heterocycles. The number of aromatic amines is 1. The van der Waals surface area contributed by atoms with Crippen LogP contribution in [0.5, 0.6) is 5.75 Å². The maximum atomic E-state index is 11.3. The van der Waals surface area contributed by atoms with Crippen LogP contribution in [0.3, 0.4) is 0 Å². The summed E-state index contributed by atoms with van der Waals surface area (Å²) in [6, 6.07) is 3.97. The Bertz CT molecular complexity index is 971. The Balaban J connectivity index is 2.17. The molecule has 6 heteroatoms. The second kappa shape index (κ2) is 5.66. The molecule has 1 aromatic carbocycles. The number of fused-ring (bicyclic) bond motifs is 1. The van der Waals surface area contributed by atoms with Gasteiger partial charge in [-0.2, -0.15) is 0 Å². The van der Waals surface area contributed by atoms with Crippen LogP contribution in [-0.4, -0.2) is 10.1 Å². The average molecular weight is 357 g/mol. The Labute approximate surface area is 150 Å². The van der Waals surface area contributed by atoms with E-state index in [1.54, 1.807) is 0 Å². The summed E-state index contributed by atoms with van der Waals surface area (Å²) in [5, 5.41) is 10.8. The zero-order chi connectivity index (χ0) is 18.6. The summed E-state index contributed by atoms with van der Waals surface area (Å²) in [7, 11) is 0. The van der Waals surface area contributed by atoms with Crippen molar-refractivity contribution < 1.29 is 5.11 Å². The molecule has 3 rings (SSSR count). The van der Waals surface area contributed by atoms with Crippen LogP contribution in [0.2, 0.25) is 0 Å². The van der Waals surface area contributed by atoms with Crippen molar-refractivity contribution in [3.8, 4) is 5.75 Å². The van der Waals surface area contributed by atoms with Crippen LogP contribution in [0.1, 0.15) is 58.2 Å². The third kappa shape index (κ3) is 3.44. The molecule has 0 saturated carbocycles. The van der Waals surface area contributed by atoms with Gasteiger partial charge in [0, 0.05) is 11.1 Å². The number of aromatic hydroxyl groups is 1. The summed E-state index contributed by atoms with van der Waals surface area (Å²) in [5.74, 6) is 0.911. The van der Waals surface area contributed by atoms with E-state index in [0.717, 1.165) is 28.0 Å². The minimum Gasteiger partial charge on any atom is -0.507 e. The highest BCUT2D eigenvalue weighted by atomic mass is 32.1. The van der Waals surface area contributed by atoms with E-state index in [2.05, 4.69) is 56.5 Å². The van der Waals surface area contributed by atoms with Gasteiger partial charge in [-0.15, -0.1) is 0 Å². The van der Waals surface area contributed by atoms with Crippen molar-refractivity contribution in [3.63, 3.8) is 0 Å².